The standard InChI is InChI=1S/C12H12BrClN2O3/c13-7-5-9(11(14)15-6-7)12(19)16(8-1-2-8)4-3-10(17)18/h5-6,8H,1-4H2,(H,17,18). The molecule has 0 spiro atoms. The molecule has 1 heterocycles. The second-order valence-electron chi connectivity index (χ2n) is 4.37. The first-order valence-corrected chi connectivity index (χ1v) is 7.00. The Kier molecular flexibility index (Phi) is 4.42. The third-order valence-corrected chi connectivity index (χ3v) is 3.59. The maximum absolute atomic E-state index is 12.4. The van der Waals surface area contributed by atoms with E-state index in [1.165, 1.54) is 6.20 Å². The number of amides is 1. The van der Waals surface area contributed by atoms with E-state index in [1.807, 2.05) is 0 Å². The van der Waals surface area contributed by atoms with Crippen LogP contribution >= 0.6 is 27.5 Å². The Bertz CT molecular complexity index is 520. The second-order valence-corrected chi connectivity index (χ2v) is 5.64. The number of hydrogen-bond donors (Lipinski definition) is 1. The first kappa shape index (κ1) is 14.3. The van der Waals surface area contributed by atoms with Crippen LogP contribution in [0.25, 0.3) is 0 Å². The molecule has 1 aliphatic rings. The first-order chi connectivity index (χ1) is 8.99. The molecule has 1 saturated carbocycles. The lowest BCUT2D eigenvalue weighted by molar-refractivity contribution is -0.137. The van der Waals surface area contributed by atoms with Crippen LogP contribution in [0.1, 0.15) is 29.6 Å². The van der Waals surface area contributed by atoms with E-state index < -0.39 is 5.97 Å². The topological polar surface area (TPSA) is 70.5 Å². The molecule has 1 aromatic heterocycles. The van der Waals surface area contributed by atoms with E-state index in [-0.39, 0.29) is 30.1 Å². The van der Waals surface area contributed by atoms with Gasteiger partial charge >= 0.3 is 5.97 Å². The molecule has 0 aliphatic heterocycles. The summed E-state index contributed by atoms with van der Waals surface area (Å²) in [5.41, 5.74) is 0.299. The van der Waals surface area contributed by atoms with Gasteiger partial charge in [-0.05, 0) is 34.8 Å². The molecule has 2 rings (SSSR count). The van der Waals surface area contributed by atoms with Crippen LogP contribution in [-0.2, 0) is 4.79 Å². The average molecular weight is 348 g/mol. The lowest BCUT2D eigenvalue weighted by Crippen LogP contribution is -2.35. The summed E-state index contributed by atoms with van der Waals surface area (Å²) in [6.07, 6.45) is 3.26. The number of aromatic nitrogens is 1. The number of carbonyl (C=O) groups is 2. The molecule has 0 aromatic carbocycles. The molecular weight excluding hydrogens is 336 g/mol. The molecular formula is C12H12BrClN2O3. The van der Waals surface area contributed by atoms with Crippen molar-refractivity contribution >= 4 is 39.4 Å². The van der Waals surface area contributed by atoms with Gasteiger partial charge in [0, 0.05) is 23.3 Å². The highest BCUT2D eigenvalue weighted by molar-refractivity contribution is 9.10. The van der Waals surface area contributed by atoms with E-state index in [1.54, 1.807) is 11.0 Å². The molecule has 5 nitrogen and oxygen atoms in total. The largest absolute Gasteiger partial charge is 0.481 e. The van der Waals surface area contributed by atoms with Gasteiger partial charge in [-0.1, -0.05) is 11.6 Å². The fourth-order valence-electron chi connectivity index (χ4n) is 1.78. The van der Waals surface area contributed by atoms with Gasteiger partial charge in [-0.15, -0.1) is 0 Å². The van der Waals surface area contributed by atoms with Crippen LogP contribution in [-0.4, -0.2) is 39.5 Å². The number of carboxylic acid groups (broad SMARTS) is 1. The lowest BCUT2D eigenvalue weighted by atomic mass is 10.2. The van der Waals surface area contributed by atoms with Gasteiger partial charge in [-0.2, -0.15) is 0 Å². The highest BCUT2D eigenvalue weighted by Gasteiger charge is 2.34. The van der Waals surface area contributed by atoms with Crippen molar-refractivity contribution in [1.29, 1.82) is 0 Å². The number of nitrogens with zero attached hydrogens (tertiary/aromatic N) is 2. The third-order valence-electron chi connectivity index (χ3n) is 2.85. The summed E-state index contributed by atoms with van der Waals surface area (Å²) in [7, 11) is 0. The molecule has 1 aromatic rings. The van der Waals surface area contributed by atoms with Crippen LogP contribution < -0.4 is 0 Å². The van der Waals surface area contributed by atoms with Crippen molar-refractivity contribution in [3.63, 3.8) is 0 Å². The van der Waals surface area contributed by atoms with Crippen LogP contribution in [0.4, 0.5) is 0 Å². The number of carboxylic acids is 1. The summed E-state index contributed by atoms with van der Waals surface area (Å²) in [6.45, 7) is 0.196. The summed E-state index contributed by atoms with van der Waals surface area (Å²) in [6, 6.07) is 1.73. The van der Waals surface area contributed by atoms with E-state index in [9.17, 15) is 9.59 Å². The van der Waals surface area contributed by atoms with E-state index in [2.05, 4.69) is 20.9 Å². The van der Waals surface area contributed by atoms with Crippen molar-refractivity contribution in [3.05, 3.63) is 27.5 Å². The number of hydrogen-bond acceptors (Lipinski definition) is 3. The Labute approximate surface area is 123 Å². The summed E-state index contributed by atoms with van der Waals surface area (Å²) in [5, 5.41) is 8.87. The molecule has 0 bridgehead atoms. The highest BCUT2D eigenvalue weighted by atomic mass is 79.9. The SMILES string of the molecule is O=C(O)CCN(C(=O)c1cc(Br)cnc1Cl)C1CC1. The summed E-state index contributed by atoms with van der Waals surface area (Å²) >= 11 is 9.17. The van der Waals surface area contributed by atoms with E-state index in [0.29, 0.717) is 10.0 Å². The smallest absolute Gasteiger partial charge is 0.305 e. The third kappa shape index (κ3) is 3.67. The molecule has 0 saturated heterocycles. The quantitative estimate of drug-likeness (QED) is 0.831. The van der Waals surface area contributed by atoms with E-state index in [4.69, 9.17) is 16.7 Å². The normalized spacial score (nSPS) is 14.2. The number of aliphatic carboxylic acids is 1. The van der Waals surface area contributed by atoms with Gasteiger partial charge in [0.2, 0.25) is 0 Å². The molecule has 19 heavy (non-hydrogen) atoms. The summed E-state index contributed by atoms with van der Waals surface area (Å²) in [5.74, 6) is -1.18. The molecule has 1 aliphatic carbocycles. The van der Waals surface area contributed by atoms with Gasteiger partial charge in [-0.25, -0.2) is 4.98 Å². The highest BCUT2D eigenvalue weighted by Crippen LogP contribution is 2.30. The van der Waals surface area contributed by atoms with Gasteiger partial charge in [0.05, 0.1) is 12.0 Å². The van der Waals surface area contributed by atoms with Crippen molar-refractivity contribution in [2.45, 2.75) is 25.3 Å². The molecule has 0 unspecified atom stereocenters. The maximum Gasteiger partial charge on any atom is 0.305 e. The minimum absolute atomic E-state index is 0.0682. The Balaban J connectivity index is 2.18. The number of rotatable bonds is 5. The molecule has 0 radical (unpaired) electrons. The van der Waals surface area contributed by atoms with Crippen molar-refractivity contribution < 1.29 is 14.7 Å². The second kappa shape index (κ2) is 5.88. The van der Waals surface area contributed by atoms with Crippen LogP contribution in [0.5, 0.6) is 0 Å². The Morgan fingerprint density at radius 2 is 2.21 bits per heavy atom. The monoisotopic (exact) mass is 346 g/mol. The van der Waals surface area contributed by atoms with Gasteiger partial charge < -0.3 is 10.0 Å². The van der Waals surface area contributed by atoms with Crippen LogP contribution in [0, 0.1) is 0 Å². The Morgan fingerprint density at radius 1 is 1.53 bits per heavy atom. The summed E-state index contributed by atoms with van der Waals surface area (Å²) < 4.78 is 0.661. The average Bonchev–Trinajstić information content (AvgIpc) is 3.16. The van der Waals surface area contributed by atoms with Crippen molar-refractivity contribution in [3.8, 4) is 0 Å². The Hall–Kier alpha value is -1.14. The molecule has 102 valence electrons. The van der Waals surface area contributed by atoms with Gasteiger partial charge in [0.15, 0.2) is 0 Å². The zero-order chi connectivity index (χ0) is 14.0. The number of halogens is 2. The van der Waals surface area contributed by atoms with Crippen LogP contribution in [0.15, 0.2) is 16.7 Å². The molecule has 1 N–H and O–H groups in total. The first-order valence-electron chi connectivity index (χ1n) is 5.83. The molecule has 0 atom stereocenters. The lowest BCUT2D eigenvalue weighted by Gasteiger charge is -2.22. The zero-order valence-corrected chi connectivity index (χ0v) is 12.3. The van der Waals surface area contributed by atoms with Crippen molar-refractivity contribution in [1.82, 2.24) is 9.88 Å². The minimum Gasteiger partial charge on any atom is -0.481 e. The van der Waals surface area contributed by atoms with Crippen molar-refractivity contribution in [2.75, 3.05) is 6.54 Å². The maximum atomic E-state index is 12.4. The summed E-state index contributed by atoms with van der Waals surface area (Å²) in [4.78, 5) is 28.5. The minimum atomic E-state index is -0.920. The van der Waals surface area contributed by atoms with Crippen LogP contribution in [0.2, 0.25) is 5.15 Å². The van der Waals surface area contributed by atoms with E-state index in [0.717, 1.165) is 12.8 Å². The molecule has 1 fully saturated rings. The molecule has 1 amide bonds. The Morgan fingerprint density at radius 3 is 2.79 bits per heavy atom. The fraction of sp³-hybridized carbons (Fsp3) is 0.417. The van der Waals surface area contributed by atoms with Gasteiger partial charge in [0.1, 0.15) is 5.15 Å². The van der Waals surface area contributed by atoms with E-state index >= 15 is 0 Å². The fourth-order valence-corrected chi connectivity index (χ4v) is 2.30. The molecule has 7 heteroatoms. The van der Waals surface area contributed by atoms with Crippen LogP contribution in [0.3, 0.4) is 0 Å². The predicted molar refractivity (Wildman–Crippen MR) is 73.3 cm³/mol. The van der Waals surface area contributed by atoms with Gasteiger partial charge in [-0.3, -0.25) is 9.59 Å². The number of carbonyl (C=O) groups excluding carboxylic acids is 1. The number of pyridine rings is 1. The zero-order valence-electron chi connectivity index (χ0n) is 9.97. The predicted octanol–water partition coefficient (Wildman–Crippen LogP) is 2.58. The van der Waals surface area contributed by atoms with Gasteiger partial charge in [0.25, 0.3) is 5.91 Å². The van der Waals surface area contributed by atoms with Crippen molar-refractivity contribution in [2.24, 2.45) is 0 Å².